The summed E-state index contributed by atoms with van der Waals surface area (Å²) in [6.07, 6.45) is 4.83. The van der Waals surface area contributed by atoms with Gasteiger partial charge in [-0.25, -0.2) is 4.79 Å². The number of terminal acetylenes is 1. The third kappa shape index (κ3) is 15.3. The summed E-state index contributed by atoms with van der Waals surface area (Å²) in [5, 5.41) is 5.75. The number of amides is 1. The van der Waals surface area contributed by atoms with Crippen molar-refractivity contribution in [1.82, 2.24) is 10.0 Å². The van der Waals surface area contributed by atoms with Gasteiger partial charge in [0.05, 0.1) is 59.0 Å². The molecule has 0 aromatic heterocycles. The van der Waals surface area contributed by atoms with E-state index in [0.29, 0.717) is 59.3 Å². The van der Waals surface area contributed by atoms with Crippen LogP contribution in [0.4, 0.5) is 10.5 Å². The second-order valence-electron chi connectivity index (χ2n) is 7.68. The van der Waals surface area contributed by atoms with Crippen LogP contribution in [0, 0.1) is 12.3 Å². The Balaban J connectivity index is 1.94. The zero-order chi connectivity index (χ0) is 24.4. The third-order valence-electron chi connectivity index (χ3n) is 3.75. The number of alkyl carbamates (subject to hydrolysis) is 1. The molecule has 1 rings (SSSR count). The first-order chi connectivity index (χ1) is 15.9. The lowest BCUT2D eigenvalue weighted by Gasteiger charge is -2.19. The fraction of sp³-hybridized carbons (Fsp3) is 0.609. The molecule has 1 aromatic carbocycles. The minimum atomic E-state index is -0.503. The zero-order valence-electron chi connectivity index (χ0n) is 20.0. The van der Waals surface area contributed by atoms with E-state index < -0.39 is 11.7 Å². The van der Waals surface area contributed by atoms with Crippen molar-refractivity contribution in [2.24, 2.45) is 0 Å². The summed E-state index contributed by atoms with van der Waals surface area (Å²) < 4.78 is 30.1. The van der Waals surface area contributed by atoms with E-state index in [9.17, 15) is 4.79 Å². The fourth-order valence-corrected chi connectivity index (χ4v) is 3.01. The lowest BCUT2D eigenvalue weighted by Crippen LogP contribution is -2.34. The number of nitrogens with one attached hydrogen (secondary N) is 3. The van der Waals surface area contributed by atoms with Gasteiger partial charge in [0.2, 0.25) is 0 Å². The monoisotopic (exact) mass is 483 g/mol. The van der Waals surface area contributed by atoms with Crippen molar-refractivity contribution >= 4 is 23.7 Å². The molecular formula is C23H37N3O6S. The van der Waals surface area contributed by atoms with Crippen LogP contribution in [0.25, 0.3) is 0 Å². The lowest BCUT2D eigenvalue weighted by atomic mass is 10.2. The minimum absolute atomic E-state index is 0.391. The van der Waals surface area contributed by atoms with Crippen LogP contribution in [-0.4, -0.2) is 78.1 Å². The molecule has 1 aromatic rings. The number of rotatable bonds is 17. The van der Waals surface area contributed by atoms with Gasteiger partial charge >= 0.3 is 6.09 Å². The van der Waals surface area contributed by atoms with Crippen molar-refractivity contribution in [2.75, 3.05) is 71.7 Å². The van der Waals surface area contributed by atoms with Crippen LogP contribution in [0.3, 0.4) is 0 Å². The van der Waals surface area contributed by atoms with Crippen molar-refractivity contribution in [3.63, 3.8) is 0 Å². The molecule has 3 N–H and O–H groups in total. The molecule has 0 atom stereocenters. The highest BCUT2D eigenvalue weighted by Crippen LogP contribution is 2.29. The predicted octanol–water partition coefficient (Wildman–Crippen LogP) is 2.91. The molecule has 0 aliphatic rings. The molecule has 33 heavy (non-hydrogen) atoms. The van der Waals surface area contributed by atoms with Gasteiger partial charge in [-0.15, -0.1) is 6.42 Å². The molecule has 0 spiro atoms. The van der Waals surface area contributed by atoms with Crippen LogP contribution in [0.1, 0.15) is 20.8 Å². The van der Waals surface area contributed by atoms with E-state index in [1.165, 1.54) is 11.9 Å². The molecule has 0 aliphatic carbocycles. The van der Waals surface area contributed by atoms with Crippen molar-refractivity contribution < 1.29 is 28.5 Å². The Bertz CT molecular complexity index is 721. The van der Waals surface area contributed by atoms with Gasteiger partial charge in [0.25, 0.3) is 0 Å². The lowest BCUT2D eigenvalue weighted by molar-refractivity contribution is 0.0150. The van der Waals surface area contributed by atoms with Gasteiger partial charge < -0.3 is 34.3 Å². The van der Waals surface area contributed by atoms with Crippen molar-refractivity contribution in [2.45, 2.75) is 31.3 Å². The van der Waals surface area contributed by atoms with Crippen LogP contribution >= 0.6 is 11.9 Å². The molecular weight excluding hydrogens is 446 g/mol. The standard InChI is InChI=1S/C23H37N3O6S/c1-6-9-24-20-8-7-19(18-21(20)28-5)33-26-11-13-30-15-17-31-16-14-29-12-10-25-22(27)32-23(2,3)4/h1,7-8,18,24,26H,9-17H2,2-5H3,(H,25,27). The summed E-state index contributed by atoms with van der Waals surface area (Å²) in [6, 6.07) is 5.87. The average molecular weight is 484 g/mol. The Kier molecular flexibility index (Phi) is 15.2. The van der Waals surface area contributed by atoms with Gasteiger partial charge in [0.1, 0.15) is 11.4 Å². The van der Waals surface area contributed by atoms with E-state index >= 15 is 0 Å². The first kappa shape index (κ1) is 28.9. The third-order valence-corrected chi connectivity index (χ3v) is 4.59. The van der Waals surface area contributed by atoms with Gasteiger partial charge in [-0.2, -0.15) is 0 Å². The second-order valence-corrected chi connectivity index (χ2v) is 8.65. The Morgan fingerprint density at radius 1 is 1.03 bits per heavy atom. The first-order valence-electron chi connectivity index (χ1n) is 10.8. The molecule has 0 unspecified atom stereocenters. The molecule has 0 heterocycles. The first-order valence-corrected chi connectivity index (χ1v) is 11.6. The molecule has 0 saturated carbocycles. The number of anilines is 1. The quantitative estimate of drug-likeness (QED) is 0.175. The minimum Gasteiger partial charge on any atom is -0.495 e. The number of ether oxygens (including phenoxy) is 5. The van der Waals surface area contributed by atoms with Gasteiger partial charge in [-0.3, -0.25) is 4.72 Å². The van der Waals surface area contributed by atoms with Gasteiger partial charge in [-0.1, -0.05) is 5.92 Å². The SMILES string of the molecule is C#CCNc1ccc(SNCCOCCOCCOCCNC(=O)OC(C)(C)C)cc1OC. The number of carbonyl (C=O) groups is 1. The van der Waals surface area contributed by atoms with Gasteiger partial charge in [-0.05, 0) is 50.9 Å². The Morgan fingerprint density at radius 3 is 2.27 bits per heavy atom. The van der Waals surface area contributed by atoms with Gasteiger partial charge in [0, 0.05) is 18.0 Å². The molecule has 0 saturated heterocycles. The zero-order valence-corrected chi connectivity index (χ0v) is 20.8. The maximum absolute atomic E-state index is 11.5. The normalized spacial score (nSPS) is 11.0. The number of methoxy groups -OCH3 is 1. The van der Waals surface area contributed by atoms with E-state index in [1.54, 1.807) is 7.11 Å². The number of hydrogen-bond donors (Lipinski definition) is 3. The summed E-state index contributed by atoms with van der Waals surface area (Å²) in [6.45, 7) is 9.89. The fourth-order valence-electron chi connectivity index (χ4n) is 2.36. The summed E-state index contributed by atoms with van der Waals surface area (Å²) in [7, 11) is 1.63. The molecule has 1 amide bonds. The van der Waals surface area contributed by atoms with Crippen LogP contribution in [0.15, 0.2) is 23.1 Å². The average Bonchev–Trinajstić information content (AvgIpc) is 2.77. The van der Waals surface area contributed by atoms with Gasteiger partial charge in [0.15, 0.2) is 0 Å². The summed E-state index contributed by atoms with van der Waals surface area (Å²) in [5.74, 6) is 3.29. The highest BCUT2D eigenvalue weighted by molar-refractivity contribution is 7.97. The van der Waals surface area contributed by atoms with E-state index in [-0.39, 0.29) is 0 Å². The molecule has 0 aliphatic heterocycles. The maximum atomic E-state index is 11.5. The Labute approximate surface area is 201 Å². The summed E-state index contributed by atoms with van der Waals surface area (Å²) in [4.78, 5) is 12.5. The van der Waals surface area contributed by atoms with Crippen LogP contribution < -0.4 is 20.1 Å². The Hall–Kier alpha value is -2.16. The van der Waals surface area contributed by atoms with E-state index in [0.717, 1.165) is 16.3 Å². The smallest absolute Gasteiger partial charge is 0.407 e. The molecule has 0 radical (unpaired) electrons. The van der Waals surface area contributed by atoms with Crippen molar-refractivity contribution in [3.05, 3.63) is 18.2 Å². The van der Waals surface area contributed by atoms with Crippen molar-refractivity contribution in [3.8, 4) is 18.1 Å². The second kappa shape index (κ2) is 17.3. The molecule has 186 valence electrons. The number of hydrogen-bond acceptors (Lipinski definition) is 9. The van der Waals surface area contributed by atoms with E-state index in [2.05, 4.69) is 21.3 Å². The van der Waals surface area contributed by atoms with Crippen LogP contribution in [0.5, 0.6) is 5.75 Å². The predicted molar refractivity (Wildman–Crippen MR) is 131 cm³/mol. The summed E-state index contributed by atoms with van der Waals surface area (Å²) >= 11 is 1.51. The number of carbonyl (C=O) groups excluding carboxylic acids is 1. The molecule has 10 heteroatoms. The van der Waals surface area contributed by atoms with Crippen molar-refractivity contribution in [1.29, 1.82) is 0 Å². The summed E-state index contributed by atoms with van der Waals surface area (Å²) in [5.41, 5.74) is 0.364. The van der Waals surface area contributed by atoms with E-state index in [1.807, 2.05) is 39.0 Å². The van der Waals surface area contributed by atoms with E-state index in [4.69, 9.17) is 30.1 Å². The molecule has 9 nitrogen and oxygen atoms in total. The maximum Gasteiger partial charge on any atom is 0.407 e. The van der Waals surface area contributed by atoms with Crippen LogP contribution in [0.2, 0.25) is 0 Å². The topological polar surface area (TPSA) is 99.3 Å². The molecule has 0 fully saturated rings. The van der Waals surface area contributed by atoms with Crippen LogP contribution in [-0.2, 0) is 18.9 Å². The number of benzene rings is 1. The highest BCUT2D eigenvalue weighted by atomic mass is 32.2. The largest absolute Gasteiger partial charge is 0.495 e. The Morgan fingerprint density at radius 2 is 1.67 bits per heavy atom. The molecule has 0 bridgehead atoms. The highest BCUT2D eigenvalue weighted by Gasteiger charge is 2.15.